The molecule has 1 aromatic carbocycles. The van der Waals surface area contributed by atoms with E-state index in [9.17, 15) is 19.1 Å². The Morgan fingerprint density at radius 2 is 1.80 bits per heavy atom. The van der Waals surface area contributed by atoms with Gasteiger partial charge in [-0.15, -0.1) is 0 Å². The van der Waals surface area contributed by atoms with Gasteiger partial charge in [-0.2, -0.15) is 0 Å². The van der Waals surface area contributed by atoms with Gasteiger partial charge < -0.3 is 14.4 Å². The predicted octanol–water partition coefficient (Wildman–Crippen LogP) is 3.79. The SMILES string of the molecule is Cc1ccc(C2/C(=C(/O)c3ccncc3)C(=O)C(=O)N2CCc2ccc(F)cc2)o1. The van der Waals surface area contributed by atoms with Gasteiger partial charge in [0.15, 0.2) is 0 Å². The van der Waals surface area contributed by atoms with Gasteiger partial charge in [-0.3, -0.25) is 14.6 Å². The van der Waals surface area contributed by atoms with Crippen molar-refractivity contribution >= 4 is 17.4 Å². The smallest absolute Gasteiger partial charge is 0.295 e. The molecule has 0 spiro atoms. The number of nitrogens with zero attached hydrogens (tertiary/aromatic N) is 2. The Kier molecular flexibility index (Phi) is 5.18. The Balaban J connectivity index is 1.74. The van der Waals surface area contributed by atoms with E-state index in [1.54, 1.807) is 43.3 Å². The largest absolute Gasteiger partial charge is 0.507 e. The molecule has 1 amide bonds. The fraction of sp³-hybridized carbons (Fsp3) is 0.174. The molecule has 1 atom stereocenters. The molecular weight excluding hydrogens is 387 g/mol. The van der Waals surface area contributed by atoms with Crippen molar-refractivity contribution in [3.8, 4) is 0 Å². The van der Waals surface area contributed by atoms with Crippen molar-refractivity contribution in [2.75, 3.05) is 6.54 Å². The van der Waals surface area contributed by atoms with Crippen LogP contribution in [0.1, 0.15) is 28.7 Å². The normalized spacial score (nSPS) is 18.2. The van der Waals surface area contributed by atoms with Gasteiger partial charge in [0.25, 0.3) is 11.7 Å². The van der Waals surface area contributed by atoms with Gasteiger partial charge in [0.05, 0.1) is 5.57 Å². The Hall–Kier alpha value is -3.74. The number of carbonyl (C=O) groups is 2. The standard InChI is InChI=1S/C23H19FN2O4/c1-14-2-7-18(30-14)20-19(21(27)16-8-11-25-12-9-16)22(28)23(29)26(20)13-10-15-3-5-17(24)6-4-15/h2-9,11-12,20,27H,10,13H2,1H3/b21-19-. The summed E-state index contributed by atoms with van der Waals surface area (Å²) in [5.41, 5.74) is 1.18. The number of hydrogen-bond donors (Lipinski definition) is 1. The summed E-state index contributed by atoms with van der Waals surface area (Å²) < 4.78 is 18.9. The summed E-state index contributed by atoms with van der Waals surface area (Å²) in [4.78, 5) is 31.0. The number of benzene rings is 1. The van der Waals surface area contributed by atoms with Gasteiger partial charge in [-0.1, -0.05) is 12.1 Å². The third kappa shape index (κ3) is 3.61. The second kappa shape index (κ2) is 7.94. The highest BCUT2D eigenvalue weighted by atomic mass is 19.1. The van der Waals surface area contributed by atoms with Crippen molar-refractivity contribution in [1.29, 1.82) is 0 Å². The molecule has 6 nitrogen and oxygen atoms in total. The van der Waals surface area contributed by atoms with E-state index in [0.29, 0.717) is 23.5 Å². The second-order valence-electron chi connectivity index (χ2n) is 7.05. The zero-order valence-electron chi connectivity index (χ0n) is 16.2. The van der Waals surface area contributed by atoms with Gasteiger partial charge in [0.1, 0.15) is 29.1 Å². The number of aliphatic hydroxyl groups is 1. The number of aliphatic hydroxyl groups excluding tert-OH is 1. The fourth-order valence-electron chi connectivity index (χ4n) is 3.57. The molecule has 152 valence electrons. The summed E-state index contributed by atoms with van der Waals surface area (Å²) in [6.45, 7) is 1.96. The first kappa shape index (κ1) is 19.6. The Bertz CT molecular complexity index is 1120. The first-order valence-corrected chi connectivity index (χ1v) is 9.45. The monoisotopic (exact) mass is 406 g/mol. The lowest BCUT2D eigenvalue weighted by atomic mass is 9.99. The molecule has 7 heteroatoms. The molecule has 1 aliphatic rings. The summed E-state index contributed by atoms with van der Waals surface area (Å²) in [7, 11) is 0. The van der Waals surface area contributed by atoms with Crippen LogP contribution < -0.4 is 0 Å². The first-order valence-electron chi connectivity index (χ1n) is 9.45. The van der Waals surface area contributed by atoms with E-state index >= 15 is 0 Å². The molecule has 2 aromatic heterocycles. The molecule has 1 fully saturated rings. The van der Waals surface area contributed by atoms with Crippen LogP contribution in [-0.2, 0) is 16.0 Å². The maximum Gasteiger partial charge on any atom is 0.295 e. The van der Waals surface area contributed by atoms with Crippen molar-refractivity contribution < 1.29 is 23.5 Å². The average molecular weight is 406 g/mol. The van der Waals surface area contributed by atoms with Crippen LogP contribution in [0.4, 0.5) is 4.39 Å². The zero-order valence-corrected chi connectivity index (χ0v) is 16.2. The topological polar surface area (TPSA) is 83.6 Å². The third-order valence-electron chi connectivity index (χ3n) is 5.08. The summed E-state index contributed by atoms with van der Waals surface area (Å²) in [6.07, 6.45) is 3.40. The van der Waals surface area contributed by atoms with Gasteiger partial charge in [-0.05, 0) is 55.3 Å². The number of aromatic nitrogens is 1. The number of carbonyl (C=O) groups excluding carboxylic acids is 2. The van der Waals surface area contributed by atoms with Crippen LogP contribution >= 0.6 is 0 Å². The molecule has 3 heterocycles. The molecule has 0 radical (unpaired) electrons. The molecule has 30 heavy (non-hydrogen) atoms. The number of likely N-dealkylation sites (tertiary alicyclic amines) is 1. The van der Waals surface area contributed by atoms with E-state index in [0.717, 1.165) is 5.56 Å². The molecule has 0 saturated carbocycles. The van der Waals surface area contributed by atoms with Crippen LogP contribution in [0.2, 0.25) is 0 Å². The van der Waals surface area contributed by atoms with Gasteiger partial charge >= 0.3 is 0 Å². The van der Waals surface area contributed by atoms with E-state index < -0.39 is 17.7 Å². The number of rotatable bonds is 5. The number of Topliss-reactive ketones (excluding diaryl/α,β-unsaturated/α-hetero) is 1. The minimum atomic E-state index is -0.854. The average Bonchev–Trinajstić information content (AvgIpc) is 3.29. The fourth-order valence-corrected chi connectivity index (χ4v) is 3.57. The number of ketones is 1. The molecule has 1 saturated heterocycles. The van der Waals surface area contributed by atoms with Crippen LogP contribution in [0.3, 0.4) is 0 Å². The summed E-state index contributed by atoms with van der Waals surface area (Å²) >= 11 is 0. The minimum absolute atomic E-state index is 0.0281. The minimum Gasteiger partial charge on any atom is -0.507 e. The van der Waals surface area contributed by atoms with Crippen LogP contribution in [-0.4, -0.2) is 33.2 Å². The highest BCUT2D eigenvalue weighted by Gasteiger charge is 2.47. The molecule has 4 rings (SSSR count). The van der Waals surface area contributed by atoms with E-state index in [-0.39, 0.29) is 23.7 Å². The molecule has 0 bridgehead atoms. The highest BCUT2D eigenvalue weighted by molar-refractivity contribution is 6.46. The van der Waals surface area contributed by atoms with Crippen LogP contribution in [0.15, 0.2) is 70.9 Å². The van der Waals surface area contributed by atoms with Crippen LogP contribution in [0, 0.1) is 12.7 Å². The number of furan rings is 1. The molecular formula is C23H19FN2O4. The molecule has 3 aromatic rings. The summed E-state index contributed by atoms with van der Waals surface area (Å²) in [5, 5.41) is 10.8. The molecule has 0 aliphatic carbocycles. The van der Waals surface area contributed by atoms with Gasteiger partial charge in [0, 0.05) is 24.5 Å². The van der Waals surface area contributed by atoms with Crippen molar-refractivity contribution in [3.63, 3.8) is 0 Å². The predicted molar refractivity (Wildman–Crippen MR) is 107 cm³/mol. The van der Waals surface area contributed by atoms with E-state index in [1.165, 1.54) is 29.4 Å². The summed E-state index contributed by atoms with van der Waals surface area (Å²) in [6, 6.07) is 11.7. The zero-order chi connectivity index (χ0) is 21.3. The quantitative estimate of drug-likeness (QED) is 0.396. The first-order chi connectivity index (χ1) is 14.5. The third-order valence-corrected chi connectivity index (χ3v) is 5.08. The van der Waals surface area contributed by atoms with Crippen molar-refractivity contribution in [2.24, 2.45) is 0 Å². The van der Waals surface area contributed by atoms with E-state index in [1.807, 2.05) is 0 Å². The number of hydrogen-bond acceptors (Lipinski definition) is 5. The van der Waals surface area contributed by atoms with Crippen molar-refractivity contribution in [1.82, 2.24) is 9.88 Å². The Morgan fingerprint density at radius 3 is 2.43 bits per heavy atom. The van der Waals surface area contributed by atoms with E-state index in [4.69, 9.17) is 4.42 Å². The second-order valence-corrected chi connectivity index (χ2v) is 7.05. The van der Waals surface area contributed by atoms with Crippen LogP contribution in [0.5, 0.6) is 0 Å². The Labute approximate surface area is 172 Å². The lowest BCUT2D eigenvalue weighted by Crippen LogP contribution is -2.31. The van der Waals surface area contributed by atoms with Crippen LogP contribution in [0.25, 0.3) is 5.76 Å². The van der Waals surface area contributed by atoms with E-state index in [2.05, 4.69) is 4.98 Å². The molecule has 1 aliphatic heterocycles. The number of aryl methyl sites for hydroxylation is 1. The number of halogens is 1. The number of amides is 1. The van der Waals surface area contributed by atoms with Crippen molar-refractivity contribution in [2.45, 2.75) is 19.4 Å². The van der Waals surface area contributed by atoms with Crippen molar-refractivity contribution in [3.05, 3.63) is 95.0 Å². The number of pyridine rings is 1. The maximum atomic E-state index is 13.2. The lowest BCUT2D eigenvalue weighted by Gasteiger charge is -2.23. The highest BCUT2D eigenvalue weighted by Crippen LogP contribution is 2.39. The maximum absolute atomic E-state index is 13.2. The lowest BCUT2D eigenvalue weighted by molar-refractivity contribution is -0.140. The summed E-state index contributed by atoms with van der Waals surface area (Å²) in [5.74, 6) is -1.10. The molecule has 1 unspecified atom stereocenters. The van der Waals surface area contributed by atoms with Gasteiger partial charge in [0.2, 0.25) is 0 Å². The molecule has 1 N–H and O–H groups in total. The Morgan fingerprint density at radius 1 is 1.10 bits per heavy atom. The van der Waals surface area contributed by atoms with Gasteiger partial charge in [-0.25, -0.2) is 4.39 Å².